The molecule has 0 radical (unpaired) electrons. The van der Waals surface area contributed by atoms with Gasteiger partial charge in [0.15, 0.2) is 17.7 Å². The average Bonchev–Trinajstić information content (AvgIpc) is 3.00. The predicted molar refractivity (Wildman–Crippen MR) is 65.9 cm³/mol. The Labute approximate surface area is 112 Å². The van der Waals surface area contributed by atoms with Crippen LogP contribution in [0.3, 0.4) is 0 Å². The molecule has 3 heterocycles. The summed E-state index contributed by atoms with van der Waals surface area (Å²) in [4.78, 5) is 11.9. The molecule has 0 spiro atoms. The fourth-order valence-corrected chi connectivity index (χ4v) is 2.21. The Morgan fingerprint density at radius 1 is 1.45 bits per heavy atom. The smallest absolute Gasteiger partial charge is 0.167 e. The van der Waals surface area contributed by atoms with Crippen molar-refractivity contribution >= 4 is 17.0 Å². The molecule has 4 N–H and O–H groups in total. The first kappa shape index (κ1) is 12.9. The molecule has 9 heteroatoms. The Balaban J connectivity index is 2.09. The lowest BCUT2D eigenvalue weighted by Gasteiger charge is -2.13. The van der Waals surface area contributed by atoms with Crippen LogP contribution in [-0.4, -0.2) is 48.5 Å². The van der Waals surface area contributed by atoms with Crippen molar-refractivity contribution in [2.45, 2.75) is 18.4 Å². The summed E-state index contributed by atoms with van der Waals surface area (Å²) in [7, 11) is 0. The minimum absolute atomic E-state index is 0.0134. The molecule has 0 unspecified atom stereocenters. The van der Waals surface area contributed by atoms with Crippen molar-refractivity contribution in [2.24, 2.45) is 0 Å². The molecule has 20 heavy (non-hydrogen) atoms. The Morgan fingerprint density at radius 3 is 2.95 bits per heavy atom. The van der Waals surface area contributed by atoms with Crippen LogP contribution >= 0.6 is 0 Å². The second kappa shape index (κ2) is 4.78. The highest BCUT2D eigenvalue weighted by molar-refractivity contribution is 5.81. The summed E-state index contributed by atoms with van der Waals surface area (Å²) < 4.78 is 19.9. The number of aromatic nitrogens is 4. The largest absolute Gasteiger partial charge is 0.394 e. The lowest BCUT2D eigenvalue weighted by atomic mass is 10.1. The van der Waals surface area contributed by atoms with Crippen LogP contribution in [0.4, 0.5) is 10.2 Å². The molecule has 106 valence electrons. The number of aliphatic hydroxyl groups excluding tert-OH is 2. The number of nitrogens with zero attached hydrogens (tertiary/aromatic N) is 4. The van der Waals surface area contributed by atoms with Crippen molar-refractivity contribution in [1.29, 1.82) is 0 Å². The van der Waals surface area contributed by atoms with Gasteiger partial charge in [-0.15, -0.1) is 0 Å². The Kier molecular flexibility index (Phi) is 3.08. The molecule has 2 aromatic heterocycles. The van der Waals surface area contributed by atoms with Gasteiger partial charge in [0.25, 0.3) is 0 Å². The Hall–Kier alpha value is -2.10. The zero-order valence-corrected chi connectivity index (χ0v) is 10.2. The van der Waals surface area contributed by atoms with Crippen molar-refractivity contribution in [3.63, 3.8) is 0 Å². The van der Waals surface area contributed by atoms with E-state index in [-0.39, 0.29) is 17.7 Å². The second-order valence-electron chi connectivity index (χ2n) is 4.35. The zero-order chi connectivity index (χ0) is 14.3. The number of rotatable bonds is 2. The fourth-order valence-electron chi connectivity index (χ4n) is 2.21. The van der Waals surface area contributed by atoms with Crippen molar-refractivity contribution in [3.8, 4) is 0 Å². The molecule has 1 aliphatic heterocycles. The molecular weight excluding hydrogens is 269 g/mol. The lowest BCUT2D eigenvalue weighted by Crippen LogP contribution is -2.25. The molecule has 0 bridgehead atoms. The molecular formula is C11H12FN5O3. The topological polar surface area (TPSA) is 119 Å². The standard InChI is InChI=1S/C11H12FN5O3/c12-1-5-8(19)6(2-18)20-11(5)17-4-16-7-9(13)14-3-15-10(7)17/h1,3-4,6,8,11,18-19H,2H2,(H2,13,14,15)/b5-1+/t6-,8+,11-/m1/s1. The lowest BCUT2D eigenvalue weighted by molar-refractivity contribution is -0.0422. The van der Waals surface area contributed by atoms with Gasteiger partial charge in [0.2, 0.25) is 0 Å². The van der Waals surface area contributed by atoms with Crippen LogP contribution in [0.5, 0.6) is 0 Å². The number of nitrogen functional groups attached to an aromatic ring is 1. The van der Waals surface area contributed by atoms with Crippen LogP contribution in [0.2, 0.25) is 0 Å². The number of imidazole rings is 1. The first-order valence-corrected chi connectivity index (χ1v) is 5.85. The van der Waals surface area contributed by atoms with Gasteiger partial charge in [0.05, 0.1) is 19.3 Å². The fraction of sp³-hybridized carbons (Fsp3) is 0.364. The normalized spacial score (nSPS) is 28.6. The second-order valence-corrected chi connectivity index (χ2v) is 4.35. The number of aliphatic hydroxyl groups is 2. The maximum atomic E-state index is 13.0. The van der Waals surface area contributed by atoms with Crippen LogP contribution in [0, 0.1) is 0 Å². The van der Waals surface area contributed by atoms with E-state index in [0.29, 0.717) is 11.2 Å². The molecule has 1 aliphatic rings. The minimum Gasteiger partial charge on any atom is -0.394 e. The molecule has 1 fully saturated rings. The predicted octanol–water partition coefficient (Wildman–Crippen LogP) is -0.488. The third kappa shape index (κ3) is 1.75. The van der Waals surface area contributed by atoms with Gasteiger partial charge in [-0.1, -0.05) is 0 Å². The number of nitrogens with two attached hydrogens (primary N) is 1. The highest BCUT2D eigenvalue weighted by Gasteiger charge is 2.40. The molecule has 0 aromatic carbocycles. The Bertz CT molecular complexity index is 673. The number of ether oxygens (including phenoxy) is 1. The molecule has 0 aliphatic carbocycles. The van der Waals surface area contributed by atoms with Gasteiger partial charge in [-0.3, -0.25) is 4.57 Å². The Morgan fingerprint density at radius 2 is 2.25 bits per heavy atom. The van der Waals surface area contributed by atoms with Crippen LogP contribution in [-0.2, 0) is 4.74 Å². The van der Waals surface area contributed by atoms with Gasteiger partial charge in [0.1, 0.15) is 24.1 Å². The summed E-state index contributed by atoms with van der Waals surface area (Å²) in [6.45, 7) is -0.432. The van der Waals surface area contributed by atoms with Gasteiger partial charge in [-0.25, -0.2) is 19.3 Å². The van der Waals surface area contributed by atoms with Crippen molar-refractivity contribution < 1.29 is 19.3 Å². The van der Waals surface area contributed by atoms with Crippen LogP contribution < -0.4 is 5.73 Å². The molecule has 0 saturated carbocycles. The highest BCUT2D eigenvalue weighted by Crippen LogP contribution is 2.36. The van der Waals surface area contributed by atoms with E-state index in [1.165, 1.54) is 17.2 Å². The maximum Gasteiger partial charge on any atom is 0.167 e. The summed E-state index contributed by atoms with van der Waals surface area (Å²) >= 11 is 0. The summed E-state index contributed by atoms with van der Waals surface area (Å²) in [5.41, 5.74) is 6.37. The van der Waals surface area contributed by atoms with Crippen LogP contribution in [0.15, 0.2) is 24.6 Å². The number of hydrogen-bond acceptors (Lipinski definition) is 7. The minimum atomic E-state index is -1.23. The SMILES string of the molecule is Nc1ncnc2c1ncn2[C@@H]1O[C@H](CO)[C@@H](O)/C1=C\F. The first-order valence-electron chi connectivity index (χ1n) is 5.85. The van der Waals surface area contributed by atoms with Gasteiger partial charge < -0.3 is 20.7 Å². The number of fused-ring (bicyclic) bond motifs is 1. The monoisotopic (exact) mass is 281 g/mol. The highest BCUT2D eigenvalue weighted by atomic mass is 19.1. The number of halogens is 1. The zero-order valence-electron chi connectivity index (χ0n) is 10.2. The molecule has 8 nitrogen and oxygen atoms in total. The summed E-state index contributed by atoms with van der Waals surface area (Å²) in [6.07, 6.45) is -0.182. The van der Waals surface area contributed by atoms with Gasteiger partial charge in [-0.05, 0) is 0 Å². The van der Waals surface area contributed by atoms with Crippen molar-refractivity contribution in [1.82, 2.24) is 19.5 Å². The van der Waals surface area contributed by atoms with E-state index in [0.717, 1.165) is 0 Å². The average molecular weight is 281 g/mol. The van der Waals surface area contributed by atoms with E-state index in [2.05, 4.69) is 15.0 Å². The maximum absolute atomic E-state index is 13.0. The number of hydrogen-bond donors (Lipinski definition) is 3. The summed E-state index contributed by atoms with van der Waals surface area (Å²) in [5.74, 6) is 0.191. The summed E-state index contributed by atoms with van der Waals surface area (Å²) in [5, 5.41) is 19.0. The van der Waals surface area contributed by atoms with E-state index < -0.39 is 25.0 Å². The number of anilines is 1. The van der Waals surface area contributed by atoms with Crippen LogP contribution in [0.25, 0.3) is 11.2 Å². The van der Waals surface area contributed by atoms with Crippen molar-refractivity contribution in [3.05, 3.63) is 24.6 Å². The molecule has 3 rings (SSSR count). The third-order valence-electron chi connectivity index (χ3n) is 3.23. The third-order valence-corrected chi connectivity index (χ3v) is 3.23. The molecule has 1 saturated heterocycles. The molecule has 0 amide bonds. The molecule has 2 aromatic rings. The van der Waals surface area contributed by atoms with E-state index >= 15 is 0 Å². The molecule has 3 atom stereocenters. The van der Waals surface area contributed by atoms with E-state index in [1.807, 2.05) is 0 Å². The van der Waals surface area contributed by atoms with Gasteiger partial charge in [-0.2, -0.15) is 0 Å². The van der Waals surface area contributed by atoms with Crippen molar-refractivity contribution in [2.75, 3.05) is 12.3 Å². The van der Waals surface area contributed by atoms with E-state index in [1.54, 1.807) is 0 Å². The van der Waals surface area contributed by atoms with Gasteiger partial charge in [0, 0.05) is 5.57 Å². The van der Waals surface area contributed by atoms with Crippen LogP contribution in [0.1, 0.15) is 6.23 Å². The first-order chi connectivity index (χ1) is 9.67. The van der Waals surface area contributed by atoms with E-state index in [9.17, 15) is 9.50 Å². The van der Waals surface area contributed by atoms with E-state index in [4.69, 9.17) is 15.6 Å². The summed E-state index contributed by atoms with van der Waals surface area (Å²) in [6, 6.07) is 0. The van der Waals surface area contributed by atoms with Gasteiger partial charge >= 0.3 is 0 Å². The quantitative estimate of drug-likeness (QED) is 0.679.